The highest BCUT2D eigenvalue weighted by Gasteiger charge is 2.20. The second-order valence-corrected chi connectivity index (χ2v) is 8.28. The number of hydrogen-bond donors (Lipinski definition) is 1. The van der Waals surface area contributed by atoms with Gasteiger partial charge in [0.05, 0.1) is 5.39 Å². The largest absolute Gasteiger partial charge is 0.476 e. The molecule has 0 aliphatic heterocycles. The summed E-state index contributed by atoms with van der Waals surface area (Å²) in [6.07, 6.45) is 0.720. The van der Waals surface area contributed by atoms with E-state index in [1.165, 1.54) is 0 Å². The number of hydrogen-bond acceptors (Lipinski definition) is 4. The summed E-state index contributed by atoms with van der Waals surface area (Å²) in [5, 5.41) is 3.32. The number of carbonyl (C=O) groups excluding carboxylic acids is 1. The van der Waals surface area contributed by atoms with E-state index in [1.54, 1.807) is 0 Å². The van der Waals surface area contributed by atoms with Crippen LogP contribution in [0.3, 0.4) is 0 Å². The molecule has 1 amide bonds. The molecule has 5 heteroatoms. The van der Waals surface area contributed by atoms with Crippen LogP contribution in [0.1, 0.15) is 22.3 Å². The van der Waals surface area contributed by atoms with Crippen LogP contribution in [0.15, 0.2) is 75.9 Å². The third-order valence-electron chi connectivity index (χ3n) is 5.54. The summed E-state index contributed by atoms with van der Waals surface area (Å²) in [6.45, 7) is 6.04. The van der Waals surface area contributed by atoms with Crippen molar-refractivity contribution >= 4 is 16.9 Å². The van der Waals surface area contributed by atoms with Crippen molar-refractivity contribution in [1.82, 2.24) is 5.32 Å². The molecule has 0 aliphatic carbocycles. The number of carbonyl (C=O) groups is 1. The molecule has 0 saturated carbocycles. The molecule has 3 aromatic carbocycles. The van der Waals surface area contributed by atoms with E-state index in [4.69, 9.17) is 9.15 Å². The van der Waals surface area contributed by atoms with E-state index in [9.17, 15) is 9.59 Å². The Morgan fingerprint density at radius 3 is 2.39 bits per heavy atom. The molecule has 4 rings (SSSR count). The Bertz CT molecular complexity index is 1340. The van der Waals surface area contributed by atoms with Crippen molar-refractivity contribution < 1.29 is 13.9 Å². The fourth-order valence-electron chi connectivity index (χ4n) is 3.88. The second kappa shape index (κ2) is 9.74. The maximum Gasteiger partial charge on any atom is 0.257 e. The van der Waals surface area contributed by atoms with Gasteiger partial charge in [-0.05, 0) is 49.9 Å². The molecule has 5 nitrogen and oxygen atoms in total. The topological polar surface area (TPSA) is 68.5 Å². The molecule has 0 fully saturated rings. The van der Waals surface area contributed by atoms with E-state index in [0.29, 0.717) is 23.3 Å². The Morgan fingerprint density at radius 1 is 0.939 bits per heavy atom. The number of aryl methyl sites for hydroxylation is 3. The molecular formula is C28H27NO4. The van der Waals surface area contributed by atoms with E-state index in [-0.39, 0.29) is 23.7 Å². The molecule has 0 aliphatic rings. The standard InChI is InChI=1S/C28H27NO4/c1-18-9-11-22(12-10-18)27-28(26(31)25-20(3)15-19(2)16-23(25)33-27)32-17-24(30)29-14-13-21-7-5-4-6-8-21/h4-12,15-16H,13-14,17H2,1-3H3,(H,29,30). The number of fused-ring (bicyclic) bond motifs is 1. The van der Waals surface area contributed by atoms with Crippen molar-refractivity contribution in [2.45, 2.75) is 27.2 Å². The summed E-state index contributed by atoms with van der Waals surface area (Å²) in [4.78, 5) is 25.8. The van der Waals surface area contributed by atoms with Gasteiger partial charge in [-0.3, -0.25) is 9.59 Å². The summed E-state index contributed by atoms with van der Waals surface area (Å²) in [7, 11) is 0. The highest BCUT2D eigenvalue weighted by molar-refractivity contribution is 5.86. The molecular weight excluding hydrogens is 414 g/mol. The molecule has 0 atom stereocenters. The van der Waals surface area contributed by atoms with Gasteiger partial charge < -0.3 is 14.5 Å². The summed E-state index contributed by atoms with van der Waals surface area (Å²) in [5.41, 5.74) is 5.00. The highest BCUT2D eigenvalue weighted by Crippen LogP contribution is 2.32. The first-order chi connectivity index (χ1) is 15.9. The Balaban J connectivity index is 1.60. The maximum absolute atomic E-state index is 13.4. The SMILES string of the molecule is Cc1ccc(-c2oc3cc(C)cc(C)c3c(=O)c2OCC(=O)NCCc2ccccc2)cc1. The van der Waals surface area contributed by atoms with E-state index in [1.807, 2.05) is 87.5 Å². The van der Waals surface area contributed by atoms with Gasteiger partial charge in [0, 0.05) is 12.1 Å². The molecule has 0 bridgehead atoms. The minimum atomic E-state index is -0.291. The number of nitrogens with one attached hydrogen (secondary N) is 1. The third kappa shape index (κ3) is 5.14. The van der Waals surface area contributed by atoms with E-state index in [0.717, 1.165) is 34.2 Å². The molecule has 1 aromatic heterocycles. The van der Waals surface area contributed by atoms with Gasteiger partial charge >= 0.3 is 0 Å². The van der Waals surface area contributed by atoms with Crippen LogP contribution in [0, 0.1) is 20.8 Å². The summed E-state index contributed by atoms with van der Waals surface area (Å²) in [5.74, 6) is 0.0898. The first-order valence-corrected chi connectivity index (χ1v) is 11.0. The van der Waals surface area contributed by atoms with Crippen LogP contribution >= 0.6 is 0 Å². The van der Waals surface area contributed by atoms with E-state index < -0.39 is 0 Å². The Labute approximate surface area is 193 Å². The lowest BCUT2D eigenvalue weighted by molar-refractivity contribution is -0.123. The number of benzene rings is 3. The van der Waals surface area contributed by atoms with E-state index in [2.05, 4.69) is 5.32 Å². The van der Waals surface area contributed by atoms with Gasteiger partial charge in [-0.2, -0.15) is 0 Å². The normalized spacial score (nSPS) is 10.9. The summed E-state index contributed by atoms with van der Waals surface area (Å²) < 4.78 is 12.0. The summed E-state index contributed by atoms with van der Waals surface area (Å²) in [6, 6.07) is 21.4. The minimum absolute atomic E-state index is 0.0523. The lowest BCUT2D eigenvalue weighted by Gasteiger charge is -2.13. The smallest absolute Gasteiger partial charge is 0.257 e. The van der Waals surface area contributed by atoms with Gasteiger partial charge in [-0.15, -0.1) is 0 Å². The Kier molecular flexibility index (Phi) is 6.59. The fraction of sp³-hybridized carbons (Fsp3) is 0.214. The monoisotopic (exact) mass is 441 g/mol. The van der Waals surface area contributed by atoms with Crippen molar-refractivity contribution in [2.75, 3.05) is 13.2 Å². The molecule has 33 heavy (non-hydrogen) atoms. The van der Waals surface area contributed by atoms with E-state index >= 15 is 0 Å². The lowest BCUT2D eigenvalue weighted by Crippen LogP contribution is -2.31. The van der Waals surface area contributed by atoms with Gasteiger partial charge in [0.2, 0.25) is 11.2 Å². The van der Waals surface area contributed by atoms with Crippen molar-refractivity contribution in [2.24, 2.45) is 0 Å². The molecule has 1 heterocycles. The molecule has 0 saturated heterocycles. The molecule has 168 valence electrons. The maximum atomic E-state index is 13.4. The Hall–Kier alpha value is -3.86. The van der Waals surface area contributed by atoms with Crippen LogP contribution in [0.25, 0.3) is 22.3 Å². The molecule has 0 unspecified atom stereocenters. The number of amides is 1. The quantitative estimate of drug-likeness (QED) is 0.432. The van der Waals surface area contributed by atoms with Gasteiger partial charge in [0.1, 0.15) is 5.58 Å². The predicted molar refractivity (Wildman–Crippen MR) is 131 cm³/mol. The predicted octanol–water partition coefficient (Wildman–Crippen LogP) is 5.12. The van der Waals surface area contributed by atoms with Crippen LogP contribution < -0.4 is 15.5 Å². The van der Waals surface area contributed by atoms with Gasteiger partial charge in [-0.25, -0.2) is 0 Å². The molecule has 1 N–H and O–H groups in total. The van der Waals surface area contributed by atoms with Gasteiger partial charge in [-0.1, -0.05) is 66.2 Å². The average molecular weight is 442 g/mol. The summed E-state index contributed by atoms with van der Waals surface area (Å²) >= 11 is 0. The zero-order valence-electron chi connectivity index (χ0n) is 19.1. The molecule has 0 spiro atoms. The zero-order valence-corrected chi connectivity index (χ0v) is 19.1. The second-order valence-electron chi connectivity index (χ2n) is 8.28. The van der Waals surface area contributed by atoms with Crippen molar-refractivity contribution in [1.29, 1.82) is 0 Å². The minimum Gasteiger partial charge on any atom is -0.476 e. The molecule has 0 radical (unpaired) electrons. The first kappa shape index (κ1) is 22.3. The van der Waals surface area contributed by atoms with Crippen molar-refractivity contribution in [3.8, 4) is 17.1 Å². The van der Waals surface area contributed by atoms with Crippen LogP contribution in [-0.2, 0) is 11.2 Å². The van der Waals surface area contributed by atoms with Crippen LogP contribution in [0.4, 0.5) is 0 Å². The van der Waals surface area contributed by atoms with Gasteiger partial charge in [0.15, 0.2) is 12.4 Å². The average Bonchev–Trinajstić information content (AvgIpc) is 2.79. The highest BCUT2D eigenvalue weighted by atomic mass is 16.5. The third-order valence-corrected chi connectivity index (χ3v) is 5.54. The lowest BCUT2D eigenvalue weighted by atomic mass is 10.0. The Morgan fingerprint density at radius 2 is 1.67 bits per heavy atom. The molecule has 4 aromatic rings. The number of rotatable bonds is 7. The fourth-order valence-corrected chi connectivity index (χ4v) is 3.88. The number of ether oxygens (including phenoxy) is 1. The van der Waals surface area contributed by atoms with Crippen LogP contribution in [0.5, 0.6) is 5.75 Å². The van der Waals surface area contributed by atoms with Crippen molar-refractivity contribution in [3.05, 3.63) is 99.2 Å². The van der Waals surface area contributed by atoms with Crippen LogP contribution in [-0.4, -0.2) is 19.1 Å². The zero-order chi connectivity index (χ0) is 23.4. The van der Waals surface area contributed by atoms with Crippen molar-refractivity contribution in [3.63, 3.8) is 0 Å². The van der Waals surface area contributed by atoms with Crippen LogP contribution in [0.2, 0.25) is 0 Å². The first-order valence-electron chi connectivity index (χ1n) is 11.0. The van der Waals surface area contributed by atoms with Gasteiger partial charge in [0.25, 0.3) is 5.91 Å².